The van der Waals surface area contributed by atoms with Crippen molar-refractivity contribution in [3.63, 3.8) is 0 Å². The standard InChI is InChI=1S/C21H15Cl2N5O2/c22-16-6-4-15(5-7-16)18-10-19(21(29)26-25-12-17-2-1-9-30-17)28(27-18)13-14-3-8-20(23)24-11-14/h1-12H,13H2,(H,26,29)/b25-12+. The lowest BCUT2D eigenvalue weighted by molar-refractivity contribution is 0.0945. The first kappa shape index (κ1) is 19.9. The molecule has 30 heavy (non-hydrogen) atoms. The Hall–Kier alpha value is -3.42. The van der Waals surface area contributed by atoms with Crippen LogP contribution in [0.3, 0.4) is 0 Å². The molecule has 9 heteroatoms. The number of carbonyl (C=O) groups is 1. The van der Waals surface area contributed by atoms with Gasteiger partial charge in [0.05, 0.1) is 24.7 Å². The molecule has 0 atom stereocenters. The molecule has 3 aromatic heterocycles. The van der Waals surface area contributed by atoms with Gasteiger partial charge in [-0.1, -0.05) is 41.4 Å². The minimum absolute atomic E-state index is 0.336. The molecule has 0 unspecified atom stereocenters. The van der Waals surface area contributed by atoms with Gasteiger partial charge in [-0.15, -0.1) is 0 Å². The predicted octanol–water partition coefficient (Wildman–Crippen LogP) is 4.66. The highest BCUT2D eigenvalue weighted by Gasteiger charge is 2.17. The van der Waals surface area contributed by atoms with Gasteiger partial charge in [-0.25, -0.2) is 10.4 Å². The maximum atomic E-state index is 12.8. The van der Waals surface area contributed by atoms with Crippen LogP contribution in [0, 0.1) is 0 Å². The van der Waals surface area contributed by atoms with Crippen molar-refractivity contribution in [3.05, 3.63) is 94.3 Å². The van der Waals surface area contributed by atoms with Gasteiger partial charge in [0.2, 0.25) is 0 Å². The first-order valence-electron chi connectivity index (χ1n) is 8.89. The summed E-state index contributed by atoms with van der Waals surface area (Å²) < 4.78 is 6.75. The zero-order valence-electron chi connectivity index (χ0n) is 15.5. The zero-order valence-corrected chi connectivity index (χ0v) is 17.0. The van der Waals surface area contributed by atoms with Crippen molar-refractivity contribution < 1.29 is 9.21 Å². The monoisotopic (exact) mass is 439 g/mol. The molecule has 0 aliphatic heterocycles. The fourth-order valence-corrected chi connectivity index (χ4v) is 2.97. The summed E-state index contributed by atoms with van der Waals surface area (Å²) in [6.45, 7) is 0.336. The lowest BCUT2D eigenvalue weighted by Crippen LogP contribution is -2.22. The van der Waals surface area contributed by atoms with Crippen LogP contribution in [0.2, 0.25) is 10.2 Å². The lowest BCUT2D eigenvalue weighted by Gasteiger charge is -2.06. The molecule has 1 N–H and O–H groups in total. The number of aromatic nitrogens is 3. The number of hydrazone groups is 1. The maximum absolute atomic E-state index is 12.8. The first-order valence-corrected chi connectivity index (χ1v) is 9.65. The van der Waals surface area contributed by atoms with E-state index in [1.54, 1.807) is 47.3 Å². The Balaban J connectivity index is 1.62. The van der Waals surface area contributed by atoms with Crippen LogP contribution in [0.15, 0.2) is 76.6 Å². The number of carbonyl (C=O) groups excluding carboxylic acids is 1. The number of nitrogens with one attached hydrogen (secondary N) is 1. The Kier molecular flexibility index (Phi) is 5.92. The van der Waals surface area contributed by atoms with Crippen LogP contribution in [0.5, 0.6) is 0 Å². The lowest BCUT2D eigenvalue weighted by atomic mass is 10.1. The van der Waals surface area contributed by atoms with Crippen LogP contribution >= 0.6 is 23.2 Å². The van der Waals surface area contributed by atoms with Gasteiger partial charge in [-0.05, 0) is 42.0 Å². The molecule has 0 fully saturated rings. The molecule has 0 aliphatic rings. The SMILES string of the molecule is O=C(N/N=C/c1ccco1)c1cc(-c2ccc(Cl)cc2)nn1Cc1ccc(Cl)nc1. The molecule has 1 aromatic carbocycles. The van der Waals surface area contributed by atoms with E-state index < -0.39 is 5.91 Å². The molecule has 0 saturated heterocycles. The second-order valence-corrected chi connectivity index (χ2v) is 7.11. The first-order chi connectivity index (χ1) is 14.6. The summed E-state index contributed by atoms with van der Waals surface area (Å²) in [5.41, 5.74) is 5.15. The Labute approximate surface area is 182 Å². The summed E-state index contributed by atoms with van der Waals surface area (Å²) in [7, 11) is 0. The molecule has 0 saturated carbocycles. The van der Waals surface area contributed by atoms with Gasteiger partial charge < -0.3 is 4.42 Å². The third kappa shape index (κ3) is 4.76. The van der Waals surface area contributed by atoms with Gasteiger partial charge in [0, 0.05) is 16.8 Å². The van der Waals surface area contributed by atoms with E-state index in [1.807, 2.05) is 18.2 Å². The Morgan fingerprint density at radius 1 is 1.17 bits per heavy atom. The van der Waals surface area contributed by atoms with Crippen LogP contribution in [0.25, 0.3) is 11.3 Å². The number of furan rings is 1. The Morgan fingerprint density at radius 2 is 2.00 bits per heavy atom. The Morgan fingerprint density at radius 3 is 2.70 bits per heavy atom. The van der Waals surface area contributed by atoms with E-state index in [1.165, 1.54) is 12.5 Å². The number of hydrogen-bond donors (Lipinski definition) is 1. The van der Waals surface area contributed by atoms with Gasteiger partial charge in [0.25, 0.3) is 5.91 Å². The van der Waals surface area contributed by atoms with Crippen LogP contribution in [0.1, 0.15) is 21.8 Å². The molecular weight excluding hydrogens is 425 g/mol. The summed E-state index contributed by atoms with van der Waals surface area (Å²) in [5.74, 6) is 0.116. The molecule has 0 spiro atoms. The summed E-state index contributed by atoms with van der Waals surface area (Å²) in [6.07, 6.45) is 4.58. The quantitative estimate of drug-likeness (QED) is 0.269. The molecule has 3 heterocycles. The van der Waals surface area contributed by atoms with Crippen LogP contribution in [-0.4, -0.2) is 26.9 Å². The van der Waals surface area contributed by atoms with E-state index in [0.29, 0.717) is 33.9 Å². The second kappa shape index (κ2) is 8.94. The summed E-state index contributed by atoms with van der Waals surface area (Å²) >= 11 is 11.8. The predicted molar refractivity (Wildman–Crippen MR) is 115 cm³/mol. The minimum Gasteiger partial charge on any atom is -0.463 e. The van der Waals surface area contributed by atoms with Crippen LogP contribution < -0.4 is 5.43 Å². The average Bonchev–Trinajstić information content (AvgIpc) is 3.40. The Bertz CT molecular complexity index is 1170. The summed E-state index contributed by atoms with van der Waals surface area (Å²) in [5, 5.41) is 9.54. The van der Waals surface area contributed by atoms with Crippen molar-refractivity contribution in [1.29, 1.82) is 0 Å². The summed E-state index contributed by atoms with van der Waals surface area (Å²) in [6, 6.07) is 15.9. The second-order valence-electron chi connectivity index (χ2n) is 6.28. The van der Waals surface area contributed by atoms with E-state index in [-0.39, 0.29) is 0 Å². The van der Waals surface area contributed by atoms with Crippen molar-refractivity contribution in [2.75, 3.05) is 0 Å². The zero-order chi connectivity index (χ0) is 20.9. The number of benzene rings is 1. The number of rotatable bonds is 6. The van der Waals surface area contributed by atoms with Gasteiger partial charge in [-0.3, -0.25) is 9.48 Å². The molecule has 7 nitrogen and oxygen atoms in total. The molecule has 4 aromatic rings. The number of pyridine rings is 1. The van der Waals surface area contributed by atoms with Gasteiger partial charge in [-0.2, -0.15) is 10.2 Å². The van der Waals surface area contributed by atoms with Gasteiger partial charge >= 0.3 is 0 Å². The minimum atomic E-state index is -0.410. The number of amides is 1. The van der Waals surface area contributed by atoms with Gasteiger partial charge in [0.15, 0.2) is 0 Å². The largest absolute Gasteiger partial charge is 0.463 e. The number of hydrogen-bond acceptors (Lipinski definition) is 5. The summed E-state index contributed by atoms with van der Waals surface area (Å²) in [4.78, 5) is 16.8. The van der Waals surface area contributed by atoms with E-state index in [4.69, 9.17) is 27.6 Å². The van der Waals surface area contributed by atoms with Crippen LogP contribution in [0.4, 0.5) is 0 Å². The molecule has 4 rings (SSSR count). The highest BCUT2D eigenvalue weighted by Crippen LogP contribution is 2.22. The van der Waals surface area contributed by atoms with E-state index in [2.05, 4.69) is 20.6 Å². The molecular formula is C21H15Cl2N5O2. The number of nitrogens with zero attached hydrogens (tertiary/aromatic N) is 4. The molecule has 0 bridgehead atoms. The molecule has 0 radical (unpaired) electrons. The molecule has 1 amide bonds. The van der Waals surface area contributed by atoms with E-state index in [0.717, 1.165) is 11.1 Å². The average molecular weight is 440 g/mol. The van der Waals surface area contributed by atoms with Gasteiger partial charge in [0.1, 0.15) is 16.6 Å². The highest BCUT2D eigenvalue weighted by molar-refractivity contribution is 6.30. The number of halogens is 2. The maximum Gasteiger partial charge on any atom is 0.289 e. The van der Waals surface area contributed by atoms with Crippen molar-refractivity contribution in [1.82, 2.24) is 20.2 Å². The van der Waals surface area contributed by atoms with Crippen molar-refractivity contribution in [3.8, 4) is 11.3 Å². The molecule has 150 valence electrons. The third-order valence-electron chi connectivity index (χ3n) is 4.17. The van der Waals surface area contributed by atoms with Crippen molar-refractivity contribution in [2.24, 2.45) is 5.10 Å². The topological polar surface area (TPSA) is 85.3 Å². The highest BCUT2D eigenvalue weighted by atomic mass is 35.5. The fraction of sp³-hybridized carbons (Fsp3) is 0.0476. The van der Waals surface area contributed by atoms with Crippen molar-refractivity contribution in [2.45, 2.75) is 6.54 Å². The van der Waals surface area contributed by atoms with Crippen molar-refractivity contribution >= 4 is 35.3 Å². The third-order valence-corrected chi connectivity index (χ3v) is 4.65. The van der Waals surface area contributed by atoms with E-state index in [9.17, 15) is 4.79 Å². The normalized spacial score (nSPS) is 11.1. The smallest absolute Gasteiger partial charge is 0.289 e. The van der Waals surface area contributed by atoms with Crippen LogP contribution in [-0.2, 0) is 6.54 Å². The molecule has 0 aliphatic carbocycles. The van der Waals surface area contributed by atoms with E-state index >= 15 is 0 Å². The fourth-order valence-electron chi connectivity index (χ4n) is 2.73.